The number of fused-ring (bicyclic) bond motifs is 1. The molecule has 186 valence electrons. The Morgan fingerprint density at radius 1 is 0.973 bits per heavy atom. The second-order valence-electron chi connectivity index (χ2n) is 8.36. The third-order valence-electron chi connectivity index (χ3n) is 5.92. The standard InChI is InChI=1S/C27H17ClF3N3O2S/c28-19-10-8-16(9-11-19)14-33-15-17(21-6-1-2-7-23(21)33)12-22-24(35)32-26(37)34(25(22)36)20-5-3-4-18(13-20)27(29,30)31/h1-13,15H,14H2,(H,32,35,37)/b22-12+. The van der Waals surface area contributed by atoms with Crippen molar-refractivity contribution in [3.05, 3.63) is 106 Å². The Bertz CT molecular complexity index is 1590. The van der Waals surface area contributed by atoms with E-state index in [4.69, 9.17) is 23.8 Å². The molecule has 3 aromatic carbocycles. The van der Waals surface area contributed by atoms with E-state index in [1.807, 2.05) is 47.2 Å². The fraction of sp³-hybridized carbons (Fsp3) is 0.0741. The maximum absolute atomic E-state index is 13.4. The maximum atomic E-state index is 13.4. The van der Waals surface area contributed by atoms with E-state index in [-0.39, 0.29) is 16.4 Å². The largest absolute Gasteiger partial charge is 0.416 e. The molecule has 1 N–H and O–H groups in total. The van der Waals surface area contributed by atoms with Crippen LogP contribution in [0, 0.1) is 0 Å². The summed E-state index contributed by atoms with van der Waals surface area (Å²) in [5, 5.41) is 3.54. The second kappa shape index (κ2) is 9.49. The highest BCUT2D eigenvalue weighted by atomic mass is 35.5. The van der Waals surface area contributed by atoms with Gasteiger partial charge in [0.05, 0.1) is 11.3 Å². The average molecular weight is 540 g/mol. The monoisotopic (exact) mass is 539 g/mol. The zero-order valence-corrected chi connectivity index (χ0v) is 20.5. The SMILES string of the molecule is O=C1NC(=S)N(c2cccc(C(F)(F)F)c2)C(=O)/C1=C/c1cn(Cc2ccc(Cl)cc2)c2ccccc12. The van der Waals surface area contributed by atoms with Crippen LogP contribution in [0.3, 0.4) is 0 Å². The lowest BCUT2D eigenvalue weighted by atomic mass is 10.1. The molecule has 0 unspecified atom stereocenters. The summed E-state index contributed by atoms with van der Waals surface area (Å²) in [4.78, 5) is 27.1. The van der Waals surface area contributed by atoms with E-state index in [2.05, 4.69) is 5.32 Å². The van der Waals surface area contributed by atoms with Crippen molar-refractivity contribution in [2.24, 2.45) is 0 Å². The minimum absolute atomic E-state index is 0.0964. The Morgan fingerprint density at radius 2 is 1.70 bits per heavy atom. The van der Waals surface area contributed by atoms with E-state index in [0.29, 0.717) is 17.1 Å². The molecule has 2 amide bonds. The molecular weight excluding hydrogens is 523 g/mol. The first kappa shape index (κ1) is 24.7. The first-order chi connectivity index (χ1) is 17.6. The van der Waals surface area contributed by atoms with Crippen LogP contribution in [0.25, 0.3) is 17.0 Å². The van der Waals surface area contributed by atoms with E-state index < -0.39 is 23.6 Å². The molecule has 0 saturated carbocycles. The molecule has 0 spiro atoms. The number of nitrogens with zero attached hydrogens (tertiary/aromatic N) is 2. The van der Waals surface area contributed by atoms with Gasteiger partial charge in [0.1, 0.15) is 5.57 Å². The van der Waals surface area contributed by atoms with Crippen LogP contribution in [0.2, 0.25) is 5.02 Å². The summed E-state index contributed by atoms with van der Waals surface area (Å²) in [6.07, 6.45) is -1.36. The minimum Gasteiger partial charge on any atom is -0.342 e. The van der Waals surface area contributed by atoms with Crippen LogP contribution >= 0.6 is 23.8 Å². The number of para-hydroxylation sites is 1. The molecule has 0 bridgehead atoms. The van der Waals surface area contributed by atoms with Crippen molar-refractivity contribution in [1.29, 1.82) is 0 Å². The molecule has 1 aromatic heterocycles. The van der Waals surface area contributed by atoms with Gasteiger partial charge in [0.15, 0.2) is 5.11 Å². The Morgan fingerprint density at radius 3 is 2.43 bits per heavy atom. The molecule has 2 heterocycles. The molecule has 5 rings (SSSR count). The van der Waals surface area contributed by atoms with Crippen LogP contribution in [-0.2, 0) is 22.3 Å². The highest BCUT2D eigenvalue weighted by Crippen LogP contribution is 2.33. The summed E-state index contributed by atoms with van der Waals surface area (Å²) in [5.74, 6) is -1.55. The van der Waals surface area contributed by atoms with Gasteiger partial charge in [-0.15, -0.1) is 0 Å². The number of hydrogen-bond donors (Lipinski definition) is 1. The number of thiocarbonyl (C=S) groups is 1. The molecular formula is C27H17ClF3N3O2S. The summed E-state index contributed by atoms with van der Waals surface area (Å²) in [5.41, 5.74) is 1.18. The van der Waals surface area contributed by atoms with Gasteiger partial charge in [-0.05, 0) is 60.3 Å². The number of aromatic nitrogens is 1. The summed E-state index contributed by atoms with van der Waals surface area (Å²) in [7, 11) is 0. The van der Waals surface area contributed by atoms with Crippen LogP contribution in [0.1, 0.15) is 16.7 Å². The van der Waals surface area contributed by atoms with Crippen molar-refractivity contribution in [1.82, 2.24) is 9.88 Å². The van der Waals surface area contributed by atoms with Gasteiger partial charge < -0.3 is 4.57 Å². The highest BCUT2D eigenvalue weighted by Gasteiger charge is 2.36. The van der Waals surface area contributed by atoms with E-state index in [1.54, 1.807) is 12.1 Å². The van der Waals surface area contributed by atoms with Crippen molar-refractivity contribution in [3.63, 3.8) is 0 Å². The van der Waals surface area contributed by atoms with Crippen LogP contribution in [0.5, 0.6) is 0 Å². The zero-order valence-electron chi connectivity index (χ0n) is 18.9. The number of carbonyl (C=O) groups is 2. The van der Waals surface area contributed by atoms with E-state index >= 15 is 0 Å². The molecule has 10 heteroatoms. The number of rotatable bonds is 4. The fourth-order valence-electron chi connectivity index (χ4n) is 4.18. The lowest BCUT2D eigenvalue weighted by molar-refractivity contribution is -0.137. The smallest absolute Gasteiger partial charge is 0.342 e. The Hall–Kier alpha value is -3.95. The molecule has 1 saturated heterocycles. The number of nitrogens with one attached hydrogen (secondary N) is 1. The predicted molar refractivity (Wildman–Crippen MR) is 140 cm³/mol. The first-order valence-corrected chi connectivity index (χ1v) is 11.8. The molecule has 1 fully saturated rings. The second-order valence-corrected chi connectivity index (χ2v) is 9.19. The van der Waals surface area contributed by atoms with Gasteiger partial charge in [0.2, 0.25) is 0 Å². The molecule has 5 nitrogen and oxygen atoms in total. The molecule has 0 atom stereocenters. The summed E-state index contributed by atoms with van der Waals surface area (Å²) < 4.78 is 41.7. The van der Waals surface area contributed by atoms with Crippen molar-refractivity contribution in [2.45, 2.75) is 12.7 Å². The number of anilines is 1. The summed E-state index contributed by atoms with van der Waals surface area (Å²) in [6.45, 7) is 0.515. The van der Waals surface area contributed by atoms with Gasteiger partial charge in [-0.2, -0.15) is 13.2 Å². The van der Waals surface area contributed by atoms with Gasteiger partial charge in [-0.25, -0.2) is 0 Å². The van der Waals surface area contributed by atoms with Crippen molar-refractivity contribution in [2.75, 3.05) is 4.90 Å². The molecule has 0 aliphatic carbocycles. The average Bonchev–Trinajstić information content (AvgIpc) is 3.20. The first-order valence-electron chi connectivity index (χ1n) is 11.0. The summed E-state index contributed by atoms with van der Waals surface area (Å²) in [6, 6.07) is 19.1. The number of amides is 2. The Kier molecular flexibility index (Phi) is 6.35. The van der Waals surface area contributed by atoms with Gasteiger partial charge in [0, 0.05) is 34.2 Å². The quantitative estimate of drug-likeness (QED) is 0.191. The molecule has 1 aliphatic heterocycles. The molecule has 4 aromatic rings. The topological polar surface area (TPSA) is 54.3 Å². The van der Waals surface area contributed by atoms with Crippen molar-refractivity contribution < 1.29 is 22.8 Å². The van der Waals surface area contributed by atoms with E-state index in [1.165, 1.54) is 18.2 Å². The lowest BCUT2D eigenvalue weighted by Crippen LogP contribution is -2.54. The van der Waals surface area contributed by atoms with Gasteiger partial charge in [0.25, 0.3) is 11.8 Å². The van der Waals surface area contributed by atoms with Crippen LogP contribution < -0.4 is 10.2 Å². The zero-order chi connectivity index (χ0) is 26.3. The third-order valence-corrected chi connectivity index (χ3v) is 6.46. The van der Waals surface area contributed by atoms with Crippen molar-refractivity contribution in [3.8, 4) is 0 Å². The van der Waals surface area contributed by atoms with Crippen molar-refractivity contribution >= 4 is 63.4 Å². The number of hydrogen-bond acceptors (Lipinski definition) is 3. The summed E-state index contributed by atoms with van der Waals surface area (Å²) >= 11 is 11.1. The Labute approximate surface area is 219 Å². The van der Waals surface area contributed by atoms with Crippen LogP contribution in [0.4, 0.5) is 18.9 Å². The number of carbonyl (C=O) groups excluding carboxylic acids is 2. The molecule has 1 aliphatic rings. The normalized spacial score (nSPS) is 15.5. The van der Waals surface area contributed by atoms with E-state index in [0.717, 1.165) is 33.5 Å². The maximum Gasteiger partial charge on any atom is 0.416 e. The van der Waals surface area contributed by atoms with Crippen LogP contribution in [-0.4, -0.2) is 21.5 Å². The molecule has 0 radical (unpaired) electrons. The predicted octanol–water partition coefficient (Wildman–Crippen LogP) is 6.19. The van der Waals surface area contributed by atoms with Crippen LogP contribution in [0.15, 0.2) is 84.6 Å². The van der Waals surface area contributed by atoms with Gasteiger partial charge >= 0.3 is 6.18 Å². The van der Waals surface area contributed by atoms with Gasteiger partial charge in [-0.1, -0.05) is 48.0 Å². The fourth-order valence-corrected chi connectivity index (χ4v) is 4.58. The number of halogens is 4. The van der Waals surface area contributed by atoms with Gasteiger partial charge in [-0.3, -0.25) is 19.8 Å². The minimum atomic E-state index is -4.61. The highest BCUT2D eigenvalue weighted by molar-refractivity contribution is 7.80. The number of alkyl halides is 3. The number of benzene rings is 3. The lowest BCUT2D eigenvalue weighted by Gasteiger charge is -2.29. The Balaban J connectivity index is 1.55. The molecule has 37 heavy (non-hydrogen) atoms. The third kappa shape index (κ3) is 4.87. The van der Waals surface area contributed by atoms with E-state index in [9.17, 15) is 22.8 Å².